The average molecular weight is 210 g/mol. The normalized spacial score (nSPS) is 9.75. The van der Waals surface area contributed by atoms with Crippen molar-refractivity contribution in [3.05, 3.63) is 60.7 Å². The SMILES string of the molecule is Nc1cccc2c(N)cccccc-2cc1. The summed E-state index contributed by atoms with van der Waals surface area (Å²) in [6.07, 6.45) is 0. The van der Waals surface area contributed by atoms with E-state index >= 15 is 0 Å². The standard InChI is InChI=1S/C14H14N2/c15-12-6-4-7-13-11(9-10-12)5-2-1-3-8-14(13)16/h1-10H,15-16H2. The summed E-state index contributed by atoms with van der Waals surface area (Å²) < 4.78 is 0. The van der Waals surface area contributed by atoms with Gasteiger partial charge in [-0.25, -0.2) is 0 Å². The van der Waals surface area contributed by atoms with Gasteiger partial charge in [0.05, 0.1) is 0 Å². The number of nitrogens with two attached hydrogens (primary N) is 2. The van der Waals surface area contributed by atoms with Crippen molar-refractivity contribution >= 4 is 11.4 Å². The van der Waals surface area contributed by atoms with Crippen molar-refractivity contribution in [1.29, 1.82) is 0 Å². The van der Waals surface area contributed by atoms with Crippen molar-refractivity contribution in [3.63, 3.8) is 0 Å². The Morgan fingerprint density at radius 1 is 0.625 bits per heavy atom. The monoisotopic (exact) mass is 210 g/mol. The number of nitrogen functional groups attached to an aromatic ring is 2. The maximum Gasteiger partial charge on any atom is 0.0393 e. The van der Waals surface area contributed by atoms with Crippen molar-refractivity contribution < 1.29 is 0 Å². The van der Waals surface area contributed by atoms with E-state index in [9.17, 15) is 0 Å². The third-order valence-electron chi connectivity index (χ3n) is 2.40. The zero-order valence-corrected chi connectivity index (χ0v) is 8.93. The summed E-state index contributed by atoms with van der Waals surface area (Å²) in [4.78, 5) is 0. The molecule has 2 heteroatoms. The van der Waals surface area contributed by atoms with E-state index in [4.69, 9.17) is 11.5 Å². The van der Waals surface area contributed by atoms with Gasteiger partial charge in [0.15, 0.2) is 0 Å². The van der Waals surface area contributed by atoms with Gasteiger partial charge in [0.2, 0.25) is 0 Å². The summed E-state index contributed by atoms with van der Waals surface area (Å²) in [5.41, 5.74) is 15.3. The summed E-state index contributed by atoms with van der Waals surface area (Å²) in [5, 5.41) is 0. The highest BCUT2D eigenvalue weighted by Gasteiger charge is 1.98. The van der Waals surface area contributed by atoms with Gasteiger partial charge in [-0.1, -0.05) is 42.5 Å². The van der Waals surface area contributed by atoms with E-state index in [1.165, 1.54) is 0 Å². The van der Waals surface area contributed by atoms with Gasteiger partial charge in [-0.2, -0.15) is 0 Å². The Hall–Kier alpha value is -2.22. The molecule has 2 rings (SSSR count). The zero-order valence-electron chi connectivity index (χ0n) is 8.93. The third kappa shape index (κ3) is 2.23. The van der Waals surface area contributed by atoms with Gasteiger partial charge in [0, 0.05) is 16.9 Å². The van der Waals surface area contributed by atoms with Crippen molar-refractivity contribution in [2.24, 2.45) is 0 Å². The molecule has 0 amide bonds. The Morgan fingerprint density at radius 3 is 2.31 bits per heavy atom. The molecule has 0 saturated heterocycles. The van der Waals surface area contributed by atoms with Crippen LogP contribution in [0, 0.1) is 0 Å². The largest absolute Gasteiger partial charge is 0.399 e. The lowest BCUT2D eigenvalue weighted by Gasteiger charge is -2.03. The van der Waals surface area contributed by atoms with E-state index < -0.39 is 0 Å². The second kappa shape index (κ2) is 4.53. The maximum atomic E-state index is 5.99. The molecule has 16 heavy (non-hydrogen) atoms. The van der Waals surface area contributed by atoms with E-state index in [1.54, 1.807) is 0 Å². The van der Waals surface area contributed by atoms with Crippen LogP contribution in [0.25, 0.3) is 11.1 Å². The highest BCUT2D eigenvalue weighted by Crippen LogP contribution is 2.24. The Labute approximate surface area is 95.2 Å². The van der Waals surface area contributed by atoms with Gasteiger partial charge in [0.1, 0.15) is 0 Å². The molecule has 0 heterocycles. The van der Waals surface area contributed by atoms with E-state index in [0.29, 0.717) is 0 Å². The van der Waals surface area contributed by atoms with Gasteiger partial charge in [-0.3, -0.25) is 0 Å². The number of hydrogen-bond donors (Lipinski definition) is 2. The second-order valence-electron chi connectivity index (χ2n) is 3.59. The molecule has 80 valence electrons. The van der Waals surface area contributed by atoms with Crippen LogP contribution in [0.1, 0.15) is 0 Å². The Morgan fingerprint density at radius 2 is 1.44 bits per heavy atom. The van der Waals surface area contributed by atoms with Crippen LogP contribution in [0.5, 0.6) is 0 Å². The van der Waals surface area contributed by atoms with Gasteiger partial charge < -0.3 is 11.5 Å². The van der Waals surface area contributed by atoms with Gasteiger partial charge in [-0.05, 0) is 23.8 Å². The van der Waals surface area contributed by atoms with Crippen molar-refractivity contribution in [1.82, 2.24) is 0 Å². The number of rotatable bonds is 0. The Balaban J connectivity index is 2.80. The van der Waals surface area contributed by atoms with Crippen LogP contribution < -0.4 is 11.5 Å². The zero-order chi connectivity index (χ0) is 11.4. The average Bonchev–Trinajstić information content (AvgIpc) is 2.23. The summed E-state index contributed by atoms with van der Waals surface area (Å²) in [7, 11) is 0. The minimum absolute atomic E-state index is 0.733. The van der Waals surface area contributed by atoms with Crippen LogP contribution >= 0.6 is 0 Å². The third-order valence-corrected chi connectivity index (χ3v) is 2.40. The molecule has 0 radical (unpaired) electrons. The highest BCUT2D eigenvalue weighted by molar-refractivity contribution is 5.75. The predicted octanol–water partition coefficient (Wildman–Crippen LogP) is 3.08. The van der Waals surface area contributed by atoms with E-state index in [2.05, 4.69) is 0 Å². The number of anilines is 2. The quantitative estimate of drug-likeness (QED) is 0.702. The molecule has 4 N–H and O–H groups in total. The molecule has 0 atom stereocenters. The molecule has 0 bridgehead atoms. The molecule has 0 aromatic rings. The van der Waals surface area contributed by atoms with E-state index in [1.807, 2.05) is 60.7 Å². The first-order valence-corrected chi connectivity index (χ1v) is 5.14. The summed E-state index contributed by atoms with van der Waals surface area (Å²) >= 11 is 0. The van der Waals surface area contributed by atoms with E-state index in [0.717, 1.165) is 22.5 Å². The van der Waals surface area contributed by atoms with Gasteiger partial charge >= 0.3 is 0 Å². The second-order valence-corrected chi connectivity index (χ2v) is 3.59. The molecule has 0 aliphatic heterocycles. The van der Waals surface area contributed by atoms with Gasteiger partial charge in [0.25, 0.3) is 0 Å². The molecule has 2 aliphatic carbocycles. The smallest absolute Gasteiger partial charge is 0.0393 e. The maximum absolute atomic E-state index is 5.99. The van der Waals surface area contributed by atoms with Gasteiger partial charge in [-0.15, -0.1) is 0 Å². The Kier molecular flexibility index (Phi) is 2.92. The number of hydrogen-bond acceptors (Lipinski definition) is 2. The lowest BCUT2D eigenvalue weighted by atomic mass is 10.1. The van der Waals surface area contributed by atoms with Crippen LogP contribution in [0.3, 0.4) is 0 Å². The fourth-order valence-electron chi connectivity index (χ4n) is 1.56. The first kappa shape index (κ1) is 10.3. The van der Waals surface area contributed by atoms with Crippen LogP contribution in [0.2, 0.25) is 0 Å². The molecule has 0 aromatic heterocycles. The molecule has 2 aliphatic rings. The summed E-state index contributed by atoms with van der Waals surface area (Å²) in [6, 6.07) is 19.4. The van der Waals surface area contributed by atoms with Crippen LogP contribution in [0.15, 0.2) is 60.7 Å². The first-order chi connectivity index (χ1) is 7.77. The van der Waals surface area contributed by atoms with E-state index in [-0.39, 0.29) is 0 Å². The van der Waals surface area contributed by atoms with Crippen LogP contribution in [-0.4, -0.2) is 0 Å². The van der Waals surface area contributed by atoms with Crippen molar-refractivity contribution in [2.75, 3.05) is 11.5 Å². The molecule has 0 aromatic carbocycles. The minimum atomic E-state index is 0.733. The lowest BCUT2D eigenvalue weighted by molar-refractivity contribution is 1.61. The fourth-order valence-corrected chi connectivity index (χ4v) is 1.56. The lowest BCUT2D eigenvalue weighted by Crippen LogP contribution is -1.88. The highest BCUT2D eigenvalue weighted by atomic mass is 14.6. The Bertz CT molecular complexity index is 519. The molecular weight excluding hydrogens is 196 g/mol. The predicted molar refractivity (Wildman–Crippen MR) is 69.5 cm³/mol. The van der Waals surface area contributed by atoms with Crippen LogP contribution in [-0.2, 0) is 0 Å². The summed E-state index contributed by atoms with van der Waals surface area (Å²) in [5.74, 6) is 0. The molecular formula is C14H14N2. The van der Waals surface area contributed by atoms with Crippen LogP contribution in [0.4, 0.5) is 11.4 Å². The van der Waals surface area contributed by atoms with Crippen molar-refractivity contribution in [2.45, 2.75) is 0 Å². The van der Waals surface area contributed by atoms with Crippen molar-refractivity contribution in [3.8, 4) is 11.1 Å². The first-order valence-electron chi connectivity index (χ1n) is 5.14. The number of fused-ring (bicyclic) bond motifs is 1. The molecule has 2 nitrogen and oxygen atoms in total. The summed E-state index contributed by atoms with van der Waals surface area (Å²) in [6.45, 7) is 0. The minimum Gasteiger partial charge on any atom is -0.399 e. The molecule has 0 spiro atoms. The molecule has 0 unspecified atom stereocenters. The molecule has 0 fully saturated rings. The molecule has 0 saturated carbocycles. The fraction of sp³-hybridized carbons (Fsp3) is 0. The topological polar surface area (TPSA) is 52.0 Å².